The third-order valence-corrected chi connectivity index (χ3v) is 1.49. The molecule has 0 saturated heterocycles. The molecule has 1 aromatic heterocycles. The van der Waals surface area contributed by atoms with Crippen LogP contribution in [0.4, 0.5) is 5.82 Å². The van der Waals surface area contributed by atoms with Crippen LogP contribution in [0.3, 0.4) is 0 Å². The van der Waals surface area contributed by atoms with Gasteiger partial charge in [-0.25, -0.2) is 9.97 Å². The number of carbonyl (C=O) groups is 1. The molecule has 1 rings (SSSR count). The van der Waals surface area contributed by atoms with Gasteiger partial charge in [0.05, 0.1) is 0 Å². The quantitative estimate of drug-likeness (QED) is 0.632. The van der Waals surface area contributed by atoms with Crippen molar-refractivity contribution in [3.8, 4) is 0 Å². The predicted molar refractivity (Wildman–Crippen MR) is 49.0 cm³/mol. The van der Waals surface area contributed by atoms with Gasteiger partial charge in [0, 0.05) is 19.2 Å². The molecular formula is C8H12N4O. The van der Waals surface area contributed by atoms with Crippen molar-refractivity contribution in [3.05, 3.63) is 18.6 Å². The Morgan fingerprint density at radius 3 is 3.08 bits per heavy atom. The predicted octanol–water partition coefficient (Wildman–Crippen LogP) is 0.154. The Morgan fingerprint density at radius 1 is 1.62 bits per heavy atom. The van der Waals surface area contributed by atoms with Gasteiger partial charge in [0.25, 0.3) is 0 Å². The van der Waals surface area contributed by atoms with E-state index in [1.165, 1.54) is 6.33 Å². The molecule has 0 bridgehead atoms. The minimum absolute atomic E-state index is 0.274. The van der Waals surface area contributed by atoms with Crippen molar-refractivity contribution < 1.29 is 4.79 Å². The summed E-state index contributed by atoms with van der Waals surface area (Å²) in [6.07, 6.45) is 4.25. The van der Waals surface area contributed by atoms with Crippen LogP contribution in [0.1, 0.15) is 12.8 Å². The zero-order valence-electron chi connectivity index (χ0n) is 7.23. The second-order valence-corrected chi connectivity index (χ2v) is 2.59. The van der Waals surface area contributed by atoms with Crippen molar-refractivity contribution in [3.63, 3.8) is 0 Å². The molecule has 0 fully saturated rings. The summed E-state index contributed by atoms with van der Waals surface area (Å²) in [5, 5.41) is 3.04. The number of amides is 1. The molecule has 1 amide bonds. The maximum atomic E-state index is 10.4. The summed E-state index contributed by atoms with van der Waals surface area (Å²) in [7, 11) is 0. The number of hydrogen-bond donors (Lipinski definition) is 2. The van der Waals surface area contributed by atoms with Gasteiger partial charge >= 0.3 is 0 Å². The Bertz CT molecular complexity index is 262. The number of anilines is 1. The normalized spacial score (nSPS) is 9.54. The van der Waals surface area contributed by atoms with Gasteiger partial charge in [0.2, 0.25) is 5.91 Å². The molecule has 70 valence electrons. The molecule has 0 saturated carbocycles. The van der Waals surface area contributed by atoms with E-state index in [-0.39, 0.29) is 5.91 Å². The molecule has 5 heteroatoms. The average Bonchev–Trinajstić information content (AvgIpc) is 2.14. The van der Waals surface area contributed by atoms with Crippen LogP contribution in [0, 0.1) is 0 Å². The maximum Gasteiger partial charge on any atom is 0.217 e. The largest absolute Gasteiger partial charge is 0.370 e. The van der Waals surface area contributed by atoms with Crippen molar-refractivity contribution in [1.82, 2.24) is 9.97 Å². The molecule has 13 heavy (non-hydrogen) atoms. The molecule has 0 aromatic carbocycles. The smallest absolute Gasteiger partial charge is 0.217 e. The van der Waals surface area contributed by atoms with Crippen LogP contribution in [0.5, 0.6) is 0 Å². The second-order valence-electron chi connectivity index (χ2n) is 2.59. The summed E-state index contributed by atoms with van der Waals surface area (Å²) in [6.45, 7) is 0.694. The zero-order valence-corrected chi connectivity index (χ0v) is 7.23. The minimum Gasteiger partial charge on any atom is -0.370 e. The highest BCUT2D eigenvalue weighted by Gasteiger charge is 1.94. The van der Waals surface area contributed by atoms with Crippen LogP contribution in [0.2, 0.25) is 0 Å². The van der Waals surface area contributed by atoms with Crippen LogP contribution in [0.25, 0.3) is 0 Å². The van der Waals surface area contributed by atoms with Gasteiger partial charge in [-0.05, 0) is 12.5 Å². The van der Waals surface area contributed by atoms with Crippen molar-refractivity contribution in [2.45, 2.75) is 12.8 Å². The topological polar surface area (TPSA) is 80.9 Å². The van der Waals surface area contributed by atoms with E-state index in [4.69, 9.17) is 5.73 Å². The zero-order chi connectivity index (χ0) is 9.52. The number of nitrogens with one attached hydrogen (secondary N) is 1. The molecule has 0 aliphatic rings. The fourth-order valence-corrected chi connectivity index (χ4v) is 0.874. The number of rotatable bonds is 5. The highest BCUT2D eigenvalue weighted by atomic mass is 16.1. The van der Waals surface area contributed by atoms with E-state index in [0.29, 0.717) is 13.0 Å². The van der Waals surface area contributed by atoms with Gasteiger partial charge in [-0.3, -0.25) is 4.79 Å². The van der Waals surface area contributed by atoms with Crippen LogP contribution < -0.4 is 11.1 Å². The Hall–Kier alpha value is -1.65. The van der Waals surface area contributed by atoms with E-state index in [9.17, 15) is 4.79 Å². The van der Waals surface area contributed by atoms with Crippen LogP contribution >= 0.6 is 0 Å². The van der Waals surface area contributed by atoms with Crippen molar-refractivity contribution >= 4 is 11.7 Å². The SMILES string of the molecule is NC(=O)CCCNc1ccncn1. The van der Waals surface area contributed by atoms with Crippen LogP contribution in [-0.4, -0.2) is 22.4 Å². The van der Waals surface area contributed by atoms with Crippen molar-refractivity contribution in [1.29, 1.82) is 0 Å². The minimum atomic E-state index is -0.274. The average molecular weight is 180 g/mol. The third-order valence-electron chi connectivity index (χ3n) is 1.49. The van der Waals surface area contributed by atoms with Gasteiger partial charge in [-0.1, -0.05) is 0 Å². The molecule has 3 N–H and O–H groups in total. The van der Waals surface area contributed by atoms with Gasteiger partial charge in [0.1, 0.15) is 12.1 Å². The summed E-state index contributed by atoms with van der Waals surface area (Å²) < 4.78 is 0. The maximum absolute atomic E-state index is 10.4. The summed E-state index contributed by atoms with van der Waals surface area (Å²) in [5.74, 6) is 0.490. The molecule has 5 nitrogen and oxygen atoms in total. The fourth-order valence-electron chi connectivity index (χ4n) is 0.874. The standard InChI is InChI=1S/C8H12N4O/c9-7(13)2-1-4-11-8-3-5-10-6-12-8/h3,5-6H,1-2,4H2,(H2,9,13)(H,10,11,12). The highest BCUT2D eigenvalue weighted by molar-refractivity contribution is 5.73. The van der Waals surface area contributed by atoms with E-state index in [1.807, 2.05) is 0 Å². The Kier molecular flexibility index (Phi) is 3.69. The summed E-state index contributed by atoms with van der Waals surface area (Å²) >= 11 is 0. The number of carbonyl (C=O) groups excluding carboxylic acids is 1. The van der Waals surface area contributed by atoms with E-state index >= 15 is 0 Å². The number of hydrogen-bond acceptors (Lipinski definition) is 4. The Balaban J connectivity index is 2.17. The first kappa shape index (κ1) is 9.44. The van der Waals surface area contributed by atoms with E-state index in [2.05, 4.69) is 15.3 Å². The number of primary amides is 1. The molecule has 0 atom stereocenters. The summed E-state index contributed by atoms with van der Waals surface area (Å²) in [4.78, 5) is 18.1. The van der Waals surface area contributed by atoms with Gasteiger partial charge < -0.3 is 11.1 Å². The molecule has 0 unspecified atom stereocenters. The first-order chi connectivity index (χ1) is 6.29. The first-order valence-corrected chi connectivity index (χ1v) is 4.07. The Labute approximate surface area is 76.4 Å². The summed E-state index contributed by atoms with van der Waals surface area (Å²) in [5.41, 5.74) is 4.98. The summed E-state index contributed by atoms with van der Waals surface area (Å²) in [6, 6.07) is 1.77. The van der Waals surface area contributed by atoms with Gasteiger partial charge in [-0.15, -0.1) is 0 Å². The molecule has 1 aromatic rings. The third kappa shape index (κ3) is 4.05. The first-order valence-electron chi connectivity index (χ1n) is 4.07. The van der Waals surface area contributed by atoms with E-state index in [1.54, 1.807) is 12.3 Å². The second kappa shape index (κ2) is 5.08. The fraction of sp³-hybridized carbons (Fsp3) is 0.375. The van der Waals surface area contributed by atoms with Gasteiger partial charge in [-0.2, -0.15) is 0 Å². The highest BCUT2D eigenvalue weighted by Crippen LogP contribution is 1.98. The monoisotopic (exact) mass is 180 g/mol. The number of nitrogens with two attached hydrogens (primary N) is 1. The van der Waals surface area contributed by atoms with E-state index in [0.717, 1.165) is 12.2 Å². The lowest BCUT2D eigenvalue weighted by atomic mass is 10.3. The lowest BCUT2D eigenvalue weighted by molar-refractivity contribution is -0.118. The Morgan fingerprint density at radius 2 is 2.46 bits per heavy atom. The lowest BCUT2D eigenvalue weighted by Crippen LogP contribution is -2.12. The molecule has 0 radical (unpaired) electrons. The molecule has 0 aliphatic heterocycles. The molecule has 1 heterocycles. The van der Waals surface area contributed by atoms with Gasteiger partial charge in [0.15, 0.2) is 0 Å². The molecule has 0 aliphatic carbocycles. The van der Waals surface area contributed by atoms with Crippen LogP contribution in [-0.2, 0) is 4.79 Å². The number of aromatic nitrogens is 2. The molecule has 0 spiro atoms. The van der Waals surface area contributed by atoms with E-state index < -0.39 is 0 Å². The molecular weight excluding hydrogens is 168 g/mol. The van der Waals surface area contributed by atoms with Crippen molar-refractivity contribution in [2.75, 3.05) is 11.9 Å². The van der Waals surface area contributed by atoms with Crippen molar-refractivity contribution in [2.24, 2.45) is 5.73 Å². The van der Waals surface area contributed by atoms with Crippen LogP contribution in [0.15, 0.2) is 18.6 Å². The number of nitrogens with zero attached hydrogens (tertiary/aromatic N) is 2. The lowest BCUT2D eigenvalue weighted by Gasteiger charge is -2.02.